The summed E-state index contributed by atoms with van der Waals surface area (Å²) in [6.07, 6.45) is 2.72. The minimum atomic E-state index is -0.135. The lowest BCUT2D eigenvalue weighted by Gasteiger charge is -2.35. The molecule has 1 aliphatic rings. The third-order valence-corrected chi connectivity index (χ3v) is 5.16. The second-order valence-electron chi connectivity index (χ2n) is 7.27. The molecule has 138 valence electrons. The molecular weight excluding hydrogens is 322 g/mol. The summed E-state index contributed by atoms with van der Waals surface area (Å²) < 4.78 is 0. The van der Waals surface area contributed by atoms with Crippen LogP contribution in [0.2, 0.25) is 0 Å². The average Bonchev–Trinajstić information content (AvgIpc) is 2.68. The molecule has 2 aromatic carbocycles. The minimum absolute atomic E-state index is 0.135. The number of hydrogen-bond acceptors (Lipinski definition) is 3. The maximum absolute atomic E-state index is 12.8. The number of nitrogens with one attached hydrogen (secondary N) is 1. The lowest BCUT2D eigenvalue weighted by molar-refractivity contribution is -0.126. The van der Waals surface area contributed by atoms with Gasteiger partial charge >= 0.3 is 0 Å². The fourth-order valence-corrected chi connectivity index (χ4v) is 3.57. The van der Waals surface area contributed by atoms with E-state index in [9.17, 15) is 4.79 Å². The molecule has 1 heterocycles. The Kier molecular flexibility index (Phi) is 6.29. The zero-order chi connectivity index (χ0) is 18.4. The van der Waals surface area contributed by atoms with Gasteiger partial charge < -0.3 is 10.2 Å². The van der Waals surface area contributed by atoms with Gasteiger partial charge in [0.15, 0.2) is 0 Å². The number of piperidine rings is 1. The van der Waals surface area contributed by atoms with Crippen LogP contribution in [0.1, 0.15) is 18.4 Å². The summed E-state index contributed by atoms with van der Waals surface area (Å²) in [7, 11) is 3.95. The Morgan fingerprint density at radius 3 is 2.19 bits per heavy atom. The molecule has 0 saturated carbocycles. The standard InChI is InChI=1S/C22H29N3O/c1-24(2)21(17-18-9-5-3-6-10-18)22(26)23-19-13-15-25(16-14-19)20-11-7-4-8-12-20/h3-12,19,21H,13-17H2,1-2H3,(H,23,26)/t21-/m0/s1. The minimum Gasteiger partial charge on any atom is -0.371 e. The second-order valence-corrected chi connectivity index (χ2v) is 7.27. The first-order chi connectivity index (χ1) is 12.6. The highest BCUT2D eigenvalue weighted by Gasteiger charge is 2.26. The van der Waals surface area contributed by atoms with Crippen molar-refractivity contribution in [1.82, 2.24) is 10.2 Å². The van der Waals surface area contributed by atoms with Crippen LogP contribution < -0.4 is 10.2 Å². The number of likely N-dealkylation sites (N-methyl/N-ethyl adjacent to an activating group) is 1. The number of anilines is 1. The van der Waals surface area contributed by atoms with Crippen molar-refractivity contribution in [3.8, 4) is 0 Å². The van der Waals surface area contributed by atoms with E-state index in [2.05, 4.69) is 46.6 Å². The van der Waals surface area contributed by atoms with E-state index in [-0.39, 0.29) is 18.0 Å². The van der Waals surface area contributed by atoms with Crippen LogP contribution in [-0.2, 0) is 11.2 Å². The van der Waals surface area contributed by atoms with Gasteiger partial charge in [-0.15, -0.1) is 0 Å². The summed E-state index contributed by atoms with van der Waals surface area (Å²) in [5, 5.41) is 3.29. The summed E-state index contributed by atoms with van der Waals surface area (Å²) in [6, 6.07) is 20.9. The van der Waals surface area contributed by atoms with Crippen molar-refractivity contribution in [2.45, 2.75) is 31.3 Å². The van der Waals surface area contributed by atoms with Crippen molar-refractivity contribution in [1.29, 1.82) is 0 Å². The average molecular weight is 351 g/mol. The maximum atomic E-state index is 12.8. The van der Waals surface area contributed by atoms with Crippen molar-refractivity contribution >= 4 is 11.6 Å². The summed E-state index contributed by atoms with van der Waals surface area (Å²) in [5.74, 6) is 0.136. The first-order valence-electron chi connectivity index (χ1n) is 9.44. The molecule has 1 amide bonds. The van der Waals surface area contributed by atoms with E-state index in [4.69, 9.17) is 0 Å². The summed E-state index contributed by atoms with van der Waals surface area (Å²) >= 11 is 0. The van der Waals surface area contributed by atoms with Gasteiger partial charge in [-0.2, -0.15) is 0 Å². The fraction of sp³-hybridized carbons (Fsp3) is 0.409. The van der Waals surface area contributed by atoms with Crippen molar-refractivity contribution in [2.75, 3.05) is 32.1 Å². The van der Waals surface area contributed by atoms with Gasteiger partial charge in [0.2, 0.25) is 5.91 Å². The Morgan fingerprint density at radius 2 is 1.62 bits per heavy atom. The number of carbonyl (C=O) groups excluding carboxylic acids is 1. The second kappa shape index (κ2) is 8.86. The largest absolute Gasteiger partial charge is 0.371 e. The molecule has 26 heavy (non-hydrogen) atoms. The van der Waals surface area contributed by atoms with E-state index in [1.54, 1.807) is 0 Å². The van der Waals surface area contributed by atoms with Crippen LogP contribution in [0.5, 0.6) is 0 Å². The van der Waals surface area contributed by atoms with E-state index in [0.29, 0.717) is 0 Å². The molecule has 1 fully saturated rings. The highest BCUT2D eigenvalue weighted by Crippen LogP contribution is 2.19. The summed E-state index contributed by atoms with van der Waals surface area (Å²) in [4.78, 5) is 17.3. The van der Waals surface area contributed by atoms with Crippen LogP contribution in [0, 0.1) is 0 Å². The molecule has 1 aliphatic heterocycles. The van der Waals surface area contributed by atoms with Gasteiger partial charge in [0.05, 0.1) is 6.04 Å². The van der Waals surface area contributed by atoms with Gasteiger partial charge in [0.1, 0.15) is 0 Å². The van der Waals surface area contributed by atoms with Gasteiger partial charge in [-0.3, -0.25) is 9.69 Å². The van der Waals surface area contributed by atoms with Crippen LogP contribution in [0.25, 0.3) is 0 Å². The number of rotatable bonds is 6. The third kappa shape index (κ3) is 4.85. The molecule has 1 atom stereocenters. The summed E-state index contributed by atoms with van der Waals surface area (Å²) in [5.41, 5.74) is 2.47. The Hall–Kier alpha value is -2.33. The topological polar surface area (TPSA) is 35.6 Å². The Labute approximate surface area is 156 Å². The molecule has 3 rings (SSSR count). The van der Waals surface area contributed by atoms with Crippen molar-refractivity contribution in [2.24, 2.45) is 0 Å². The number of benzene rings is 2. The quantitative estimate of drug-likeness (QED) is 0.869. The smallest absolute Gasteiger partial charge is 0.237 e. The van der Waals surface area contributed by atoms with Crippen molar-refractivity contribution < 1.29 is 4.79 Å². The lowest BCUT2D eigenvalue weighted by atomic mass is 10.0. The zero-order valence-electron chi connectivity index (χ0n) is 15.8. The van der Waals surface area contributed by atoms with Gasteiger partial charge in [0, 0.05) is 24.8 Å². The number of carbonyl (C=O) groups is 1. The highest BCUT2D eigenvalue weighted by molar-refractivity contribution is 5.82. The molecule has 2 aromatic rings. The molecule has 1 N–H and O–H groups in total. The van der Waals surface area contributed by atoms with Gasteiger partial charge in [-0.1, -0.05) is 48.5 Å². The van der Waals surface area contributed by atoms with E-state index in [0.717, 1.165) is 32.4 Å². The van der Waals surface area contributed by atoms with E-state index >= 15 is 0 Å². The number of nitrogens with zero attached hydrogens (tertiary/aromatic N) is 2. The van der Waals surface area contributed by atoms with E-state index < -0.39 is 0 Å². The Balaban J connectivity index is 1.53. The first-order valence-corrected chi connectivity index (χ1v) is 9.44. The monoisotopic (exact) mass is 351 g/mol. The molecule has 0 bridgehead atoms. The van der Waals surface area contributed by atoms with Gasteiger partial charge in [-0.25, -0.2) is 0 Å². The van der Waals surface area contributed by atoms with Crippen molar-refractivity contribution in [3.05, 3.63) is 66.2 Å². The molecule has 0 unspecified atom stereocenters. The van der Waals surface area contributed by atoms with Gasteiger partial charge in [-0.05, 0) is 51.1 Å². The molecule has 4 heteroatoms. The molecule has 0 radical (unpaired) electrons. The van der Waals surface area contributed by atoms with Crippen LogP contribution >= 0.6 is 0 Å². The number of para-hydroxylation sites is 1. The Bertz CT molecular complexity index is 679. The van der Waals surface area contributed by atoms with Crippen LogP contribution in [0.3, 0.4) is 0 Å². The lowest BCUT2D eigenvalue weighted by Crippen LogP contribution is -2.51. The third-order valence-electron chi connectivity index (χ3n) is 5.16. The molecular formula is C22H29N3O. The van der Waals surface area contributed by atoms with Crippen LogP contribution in [0.15, 0.2) is 60.7 Å². The maximum Gasteiger partial charge on any atom is 0.237 e. The molecule has 0 spiro atoms. The van der Waals surface area contributed by atoms with Crippen LogP contribution in [-0.4, -0.2) is 50.1 Å². The zero-order valence-corrected chi connectivity index (χ0v) is 15.8. The normalized spacial score (nSPS) is 16.5. The predicted octanol–water partition coefficient (Wildman–Crippen LogP) is 2.94. The molecule has 0 aromatic heterocycles. The van der Waals surface area contributed by atoms with Crippen molar-refractivity contribution in [3.63, 3.8) is 0 Å². The SMILES string of the molecule is CN(C)[C@@H](Cc1ccccc1)C(=O)NC1CCN(c2ccccc2)CC1. The van der Waals surface area contributed by atoms with E-state index in [1.807, 2.05) is 43.3 Å². The highest BCUT2D eigenvalue weighted by atomic mass is 16.2. The molecule has 0 aliphatic carbocycles. The number of hydrogen-bond donors (Lipinski definition) is 1. The predicted molar refractivity (Wildman–Crippen MR) is 107 cm³/mol. The summed E-state index contributed by atoms with van der Waals surface area (Å²) in [6.45, 7) is 1.97. The first kappa shape index (κ1) is 18.5. The molecule has 4 nitrogen and oxygen atoms in total. The van der Waals surface area contributed by atoms with Gasteiger partial charge in [0.25, 0.3) is 0 Å². The number of amides is 1. The fourth-order valence-electron chi connectivity index (χ4n) is 3.57. The molecule has 1 saturated heterocycles. The van der Waals surface area contributed by atoms with Crippen LogP contribution in [0.4, 0.5) is 5.69 Å². The van der Waals surface area contributed by atoms with E-state index in [1.165, 1.54) is 11.3 Å². The Morgan fingerprint density at radius 1 is 1.04 bits per heavy atom.